The molecule has 0 N–H and O–H groups in total. The number of hydrogen-bond acceptors (Lipinski definition) is 15. The van der Waals surface area contributed by atoms with Crippen molar-refractivity contribution < 1.29 is 59.6 Å². The first-order valence-electron chi connectivity index (χ1n) is 2.74. The second kappa shape index (κ2) is 36.1. The molecule has 0 aromatic heterocycles. The predicted molar refractivity (Wildman–Crippen MR) is 51.8 cm³/mol. The fourth-order valence-electron chi connectivity index (χ4n) is 0. The minimum absolute atomic E-state index is 0. The van der Waals surface area contributed by atoms with Crippen LogP contribution < -0.4 is 0 Å². The van der Waals surface area contributed by atoms with Gasteiger partial charge in [0.05, 0.1) is 25.4 Å². The Bertz CT molecular complexity index is 213. The molecule has 20 nitrogen and oxygen atoms in total. The summed E-state index contributed by atoms with van der Waals surface area (Å²) in [6, 6.07) is 0. The second-order valence-corrected chi connectivity index (χ2v) is 1.12. The van der Waals surface area contributed by atoms with Gasteiger partial charge in [0.25, 0.3) is 0 Å². The molecule has 0 rings (SSSR count). The largest absolute Gasteiger partial charge is 3.00 e. The van der Waals surface area contributed by atoms with Crippen molar-refractivity contribution in [2.75, 3.05) is 0 Å². The van der Waals surface area contributed by atoms with Gasteiger partial charge in [-0.15, -0.1) is 0 Å². The van der Waals surface area contributed by atoms with E-state index in [4.69, 9.17) is 76.6 Å². The molecular weight excluding hydrogens is 421 g/mol. The third-order valence-electron chi connectivity index (χ3n) is 0. The fourth-order valence-corrected chi connectivity index (χ4v) is 0. The van der Waals surface area contributed by atoms with Crippen LogP contribution in [0.1, 0.15) is 0 Å². The Balaban J connectivity index is -0.0000000250. The monoisotopic (exact) mass is 421 g/mol. The average molecular weight is 421 g/mol. The molecular formula is CoCrN5O15. The van der Waals surface area contributed by atoms with Gasteiger partial charge in [-0.05, 0) is 0 Å². The van der Waals surface area contributed by atoms with Gasteiger partial charge in [-0.1, -0.05) is 0 Å². The summed E-state index contributed by atoms with van der Waals surface area (Å²) in [4.78, 5) is 41.2. The van der Waals surface area contributed by atoms with Gasteiger partial charge in [-0.3, -0.25) is 0 Å². The summed E-state index contributed by atoms with van der Waals surface area (Å²) in [7, 11) is 0. The van der Waals surface area contributed by atoms with Crippen LogP contribution in [0, 0.1) is 76.6 Å². The Morgan fingerprint density at radius 1 is 0.364 bits per heavy atom. The second-order valence-electron chi connectivity index (χ2n) is 1.12. The van der Waals surface area contributed by atoms with Crippen molar-refractivity contribution in [3.05, 3.63) is 76.6 Å². The summed E-state index contributed by atoms with van der Waals surface area (Å²) in [6.07, 6.45) is 0. The van der Waals surface area contributed by atoms with E-state index in [2.05, 4.69) is 0 Å². The zero-order chi connectivity index (χ0) is 17.9. The van der Waals surface area contributed by atoms with Gasteiger partial charge in [0.1, 0.15) is 0 Å². The van der Waals surface area contributed by atoms with E-state index in [0.29, 0.717) is 0 Å². The zero-order valence-corrected chi connectivity index (χ0v) is 11.4. The van der Waals surface area contributed by atoms with Crippen LogP contribution in [0.5, 0.6) is 0 Å². The van der Waals surface area contributed by atoms with E-state index in [9.17, 15) is 0 Å². The molecule has 0 unspecified atom stereocenters. The number of rotatable bonds is 0. The van der Waals surface area contributed by atoms with Crippen molar-refractivity contribution in [3.8, 4) is 0 Å². The normalized spacial score (nSPS) is 5.45. The fraction of sp³-hybridized carbons (Fsp3) is 0. The molecule has 22 heavy (non-hydrogen) atoms. The molecule has 0 fully saturated rings. The van der Waals surface area contributed by atoms with E-state index in [1.54, 1.807) is 0 Å². The first-order valence-corrected chi connectivity index (χ1v) is 2.74. The van der Waals surface area contributed by atoms with Gasteiger partial charge < -0.3 is 76.6 Å². The van der Waals surface area contributed by atoms with E-state index < -0.39 is 25.4 Å². The van der Waals surface area contributed by atoms with Gasteiger partial charge >= 0.3 is 34.1 Å². The molecule has 0 heterocycles. The maximum absolute atomic E-state index is 8.25. The summed E-state index contributed by atoms with van der Waals surface area (Å²) >= 11 is 0. The summed E-state index contributed by atoms with van der Waals surface area (Å²) in [6.45, 7) is 0. The summed E-state index contributed by atoms with van der Waals surface area (Å²) in [5.74, 6) is 0. The van der Waals surface area contributed by atoms with Gasteiger partial charge in [-0.2, -0.15) is 0 Å². The Hall–Kier alpha value is -2.96. The third kappa shape index (κ3) is 500. The summed E-state index contributed by atoms with van der Waals surface area (Å²) in [5.41, 5.74) is 0. The molecule has 130 valence electrons. The van der Waals surface area contributed by atoms with E-state index in [-0.39, 0.29) is 34.1 Å². The van der Waals surface area contributed by atoms with Crippen molar-refractivity contribution in [3.63, 3.8) is 0 Å². The Labute approximate surface area is 137 Å². The molecule has 0 aromatic rings. The standard InChI is InChI=1S/Co.Cr.5NO3/c;;5*2-1(3)4/q+2;+3;5*-1. The van der Waals surface area contributed by atoms with Gasteiger partial charge in [0, 0.05) is 0 Å². The van der Waals surface area contributed by atoms with Crippen molar-refractivity contribution in [1.82, 2.24) is 0 Å². The quantitative estimate of drug-likeness (QED) is 0.327. The molecule has 0 saturated carbocycles. The van der Waals surface area contributed by atoms with E-state index in [1.807, 2.05) is 0 Å². The Morgan fingerprint density at radius 3 is 0.364 bits per heavy atom. The van der Waals surface area contributed by atoms with Crippen LogP contribution in [0.2, 0.25) is 0 Å². The number of hydrogen-bond donors (Lipinski definition) is 0. The summed E-state index contributed by atoms with van der Waals surface area (Å²) < 4.78 is 0. The Morgan fingerprint density at radius 2 is 0.364 bits per heavy atom. The van der Waals surface area contributed by atoms with Crippen LogP contribution in [0.3, 0.4) is 0 Å². The minimum atomic E-state index is -1.75. The van der Waals surface area contributed by atoms with Crippen molar-refractivity contribution in [2.45, 2.75) is 0 Å². The van der Waals surface area contributed by atoms with Crippen LogP contribution in [0.25, 0.3) is 0 Å². The molecule has 0 aliphatic heterocycles. The first-order chi connectivity index (χ1) is 8.66. The Kier molecular flexibility index (Phi) is 70.2. The molecule has 0 amide bonds. The smallest absolute Gasteiger partial charge is 0.356 e. The van der Waals surface area contributed by atoms with Crippen molar-refractivity contribution >= 4 is 0 Å². The van der Waals surface area contributed by atoms with Crippen LogP contribution in [-0.2, 0) is 34.1 Å². The zero-order valence-electron chi connectivity index (χ0n) is 9.10. The van der Waals surface area contributed by atoms with Crippen LogP contribution in [-0.4, -0.2) is 25.4 Å². The minimum Gasteiger partial charge on any atom is -0.356 e. The number of nitrogens with zero attached hydrogens (tertiary/aromatic N) is 5. The van der Waals surface area contributed by atoms with Gasteiger partial charge in [-0.25, -0.2) is 0 Å². The van der Waals surface area contributed by atoms with E-state index in [1.165, 1.54) is 0 Å². The van der Waals surface area contributed by atoms with E-state index >= 15 is 0 Å². The molecule has 0 saturated heterocycles. The van der Waals surface area contributed by atoms with Gasteiger partial charge in [0.2, 0.25) is 0 Å². The SMILES string of the molecule is O=[N+]([O-])[O-].O=[N+]([O-])[O-].O=[N+]([O-])[O-].O=[N+]([O-])[O-].O=[N+]([O-])[O-].[Co+2].[Cr+3]. The van der Waals surface area contributed by atoms with Gasteiger partial charge in [0.15, 0.2) is 0 Å². The average Bonchev–Trinajstić information content (AvgIpc) is 1.94. The van der Waals surface area contributed by atoms with Crippen molar-refractivity contribution in [1.29, 1.82) is 0 Å². The molecule has 2 radical (unpaired) electrons. The van der Waals surface area contributed by atoms with Crippen LogP contribution >= 0.6 is 0 Å². The molecule has 0 aromatic carbocycles. The molecule has 22 heteroatoms. The van der Waals surface area contributed by atoms with Crippen LogP contribution in [0.4, 0.5) is 0 Å². The topological polar surface area (TPSA) is 331 Å². The molecule has 0 bridgehead atoms. The molecule has 0 spiro atoms. The maximum Gasteiger partial charge on any atom is 3.00 e. The molecule has 0 aliphatic rings. The molecule has 0 aliphatic carbocycles. The van der Waals surface area contributed by atoms with Crippen LogP contribution in [0.15, 0.2) is 0 Å². The third-order valence-corrected chi connectivity index (χ3v) is 0. The predicted octanol–water partition coefficient (Wildman–Crippen LogP) is -1.20. The first kappa shape index (κ1) is 42.7. The van der Waals surface area contributed by atoms with Crippen molar-refractivity contribution in [2.24, 2.45) is 0 Å². The summed E-state index contributed by atoms with van der Waals surface area (Å²) in [5, 5.41) is 73.8. The van der Waals surface area contributed by atoms with E-state index in [0.717, 1.165) is 0 Å². The molecule has 0 atom stereocenters. The maximum atomic E-state index is 8.25.